The molecule has 23 heavy (non-hydrogen) atoms. The molecule has 1 fully saturated rings. The topological polar surface area (TPSA) is 48.0 Å². The standard InChI is InChI=1S/C18H23NO4/c1-19(18(20)15-3-2-8-21-15)7-4-14-13-6-10-22-16(13)11-12-5-9-23-17(12)14/h11,15H,2-10H2,1H3. The van der Waals surface area contributed by atoms with Gasteiger partial charge in [0.2, 0.25) is 0 Å². The minimum Gasteiger partial charge on any atom is -0.493 e. The lowest BCUT2D eigenvalue weighted by molar-refractivity contribution is -0.139. The van der Waals surface area contributed by atoms with Gasteiger partial charge in [-0.15, -0.1) is 0 Å². The Morgan fingerprint density at radius 3 is 2.96 bits per heavy atom. The van der Waals surface area contributed by atoms with Crippen molar-refractivity contribution < 1.29 is 19.0 Å². The molecular weight excluding hydrogens is 294 g/mol. The molecule has 5 nitrogen and oxygen atoms in total. The van der Waals surface area contributed by atoms with Crippen LogP contribution in [0.3, 0.4) is 0 Å². The van der Waals surface area contributed by atoms with Crippen molar-refractivity contribution in [2.75, 3.05) is 33.4 Å². The van der Waals surface area contributed by atoms with E-state index in [2.05, 4.69) is 6.07 Å². The molecule has 1 atom stereocenters. The average Bonchev–Trinajstić information content (AvgIpc) is 3.30. The van der Waals surface area contributed by atoms with Gasteiger partial charge in [0, 0.05) is 49.7 Å². The number of hydrogen-bond acceptors (Lipinski definition) is 4. The van der Waals surface area contributed by atoms with Crippen LogP contribution in [0.5, 0.6) is 11.5 Å². The van der Waals surface area contributed by atoms with E-state index in [0.29, 0.717) is 13.2 Å². The van der Waals surface area contributed by atoms with Crippen molar-refractivity contribution in [1.82, 2.24) is 4.90 Å². The molecule has 1 amide bonds. The third-order valence-corrected chi connectivity index (χ3v) is 5.04. The fourth-order valence-corrected chi connectivity index (χ4v) is 3.76. The van der Waals surface area contributed by atoms with E-state index in [1.807, 2.05) is 7.05 Å². The van der Waals surface area contributed by atoms with Gasteiger partial charge in [-0.2, -0.15) is 0 Å². The molecule has 0 bridgehead atoms. The first-order chi connectivity index (χ1) is 11.2. The smallest absolute Gasteiger partial charge is 0.251 e. The summed E-state index contributed by atoms with van der Waals surface area (Å²) >= 11 is 0. The molecule has 1 unspecified atom stereocenters. The summed E-state index contributed by atoms with van der Waals surface area (Å²) < 4.78 is 17.1. The monoisotopic (exact) mass is 317 g/mol. The zero-order chi connectivity index (χ0) is 15.8. The van der Waals surface area contributed by atoms with Gasteiger partial charge in [-0.25, -0.2) is 0 Å². The Morgan fingerprint density at radius 2 is 2.13 bits per heavy atom. The van der Waals surface area contributed by atoms with Crippen LogP contribution in [-0.2, 0) is 28.8 Å². The third-order valence-electron chi connectivity index (χ3n) is 5.04. The van der Waals surface area contributed by atoms with Gasteiger partial charge in [0.15, 0.2) is 0 Å². The molecule has 5 heteroatoms. The maximum Gasteiger partial charge on any atom is 0.251 e. The van der Waals surface area contributed by atoms with Crippen molar-refractivity contribution in [2.24, 2.45) is 0 Å². The number of ether oxygens (including phenoxy) is 3. The fraction of sp³-hybridized carbons (Fsp3) is 0.611. The molecule has 0 spiro atoms. The van der Waals surface area contributed by atoms with Gasteiger partial charge < -0.3 is 19.1 Å². The van der Waals surface area contributed by atoms with Crippen molar-refractivity contribution >= 4 is 5.91 Å². The maximum atomic E-state index is 12.4. The normalized spacial score (nSPS) is 21.5. The van der Waals surface area contributed by atoms with Crippen molar-refractivity contribution in [1.29, 1.82) is 0 Å². The van der Waals surface area contributed by atoms with E-state index in [1.54, 1.807) is 4.90 Å². The number of rotatable bonds is 4. The molecule has 1 saturated heterocycles. The molecular formula is C18H23NO4. The molecule has 0 saturated carbocycles. The van der Waals surface area contributed by atoms with Gasteiger partial charge in [0.25, 0.3) is 5.91 Å². The van der Waals surface area contributed by atoms with E-state index < -0.39 is 0 Å². The number of fused-ring (bicyclic) bond motifs is 2. The summed E-state index contributed by atoms with van der Waals surface area (Å²) in [5.74, 6) is 2.15. The summed E-state index contributed by atoms with van der Waals surface area (Å²) in [6.07, 6.45) is 4.27. The SMILES string of the molecule is CN(CCc1c2c(cc3c1OCC3)OCC2)C(=O)C1CCCO1. The molecule has 4 rings (SSSR count). The highest BCUT2D eigenvalue weighted by atomic mass is 16.5. The number of carbonyl (C=O) groups excluding carboxylic acids is 1. The Bertz CT molecular complexity index is 590. The lowest BCUT2D eigenvalue weighted by Crippen LogP contribution is -2.37. The first-order valence-corrected chi connectivity index (χ1v) is 8.54. The first-order valence-electron chi connectivity index (χ1n) is 8.54. The molecule has 3 aliphatic heterocycles. The Balaban J connectivity index is 1.50. The summed E-state index contributed by atoms with van der Waals surface area (Å²) in [5.41, 5.74) is 3.75. The van der Waals surface area contributed by atoms with Gasteiger partial charge in [-0.1, -0.05) is 0 Å². The van der Waals surface area contributed by atoms with Gasteiger partial charge in [0.05, 0.1) is 13.2 Å². The number of nitrogens with zero attached hydrogens (tertiary/aromatic N) is 1. The minimum atomic E-state index is -0.244. The molecule has 0 N–H and O–H groups in total. The highest BCUT2D eigenvalue weighted by Gasteiger charge is 2.29. The second-order valence-corrected chi connectivity index (χ2v) is 6.53. The van der Waals surface area contributed by atoms with Crippen LogP contribution in [0.4, 0.5) is 0 Å². The number of hydrogen-bond donors (Lipinski definition) is 0. The lowest BCUT2D eigenvalue weighted by atomic mass is 9.97. The lowest BCUT2D eigenvalue weighted by Gasteiger charge is -2.22. The number of carbonyl (C=O) groups is 1. The van der Waals surface area contributed by atoms with Crippen LogP contribution in [0.1, 0.15) is 29.5 Å². The van der Waals surface area contributed by atoms with Gasteiger partial charge >= 0.3 is 0 Å². The van der Waals surface area contributed by atoms with Crippen LogP contribution in [0.25, 0.3) is 0 Å². The molecule has 3 heterocycles. The Hall–Kier alpha value is -1.75. The first kappa shape index (κ1) is 14.8. The second-order valence-electron chi connectivity index (χ2n) is 6.53. The zero-order valence-electron chi connectivity index (χ0n) is 13.6. The summed E-state index contributed by atoms with van der Waals surface area (Å²) in [6, 6.07) is 2.13. The molecule has 3 aliphatic rings. The van der Waals surface area contributed by atoms with Crippen molar-refractivity contribution in [3.05, 3.63) is 22.8 Å². The molecule has 1 aromatic carbocycles. The van der Waals surface area contributed by atoms with E-state index in [1.165, 1.54) is 16.7 Å². The van der Waals surface area contributed by atoms with Crippen molar-refractivity contribution in [2.45, 2.75) is 38.2 Å². The quantitative estimate of drug-likeness (QED) is 0.849. The molecule has 0 aliphatic carbocycles. The maximum absolute atomic E-state index is 12.4. The van der Waals surface area contributed by atoms with Crippen LogP contribution < -0.4 is 9.47 Å². The fourth-order valence-electron chi connectivity index (χ4n) is 3.76. The predicted octanol–water partition coefficient (Wildman–Crippen LogP) is 1.74. The third kappa shape index (κ3) is 2.67. The Labute approximate surface area is 136 Å². The highest BCUT2D eigenvalue weighted by Crippen LogP contribution is 2.40. The van der Waals surface area contributed by atoms with E-state index in [4.69, 9.17) is 14.2 Å². The average molecular weight is 317 g/mol. The second kappa shape index (κ2) is 6.04. The van der Waals surface area contributed by atoms with E-state index in [-0.39, 0.29) is 12.0 Å². The van der Waals surface area contributed by atoms with Crippen LogP contribution in [0.15, 0.2) is 6.07 Å². The van der Waals surface area contributed by atoms with Crippen LogP contribution >= 0.6 is 0 Å². The van der Waals surface area contributed by atoms with Crippen LogP contribution in [-0.4, -0.2) is 50.3 Å². The summed E-state index contributed by atoms with van der Waals surface area (Å²) in [4.78, 5) is 14.2. The van der Waals surface area contributed by atoms with Crippen molar-refractivity contribution in [3.8, 4) is 11.5 Å². The molecule has 1 aromatic rings. The van der Waals surface area contributed by atoms with Gasteiger partial charge in [-0.3, -0.25) is 4.79 Å². The van der Waals surface area contributed by atoms with Crippen LogP contribution in [0.2, 0.25) is 0 Å². The molecule has 0 radical (unpaired) electrons. The van der Waals surface area contributed by atoms with Crippen molar-refractivity contribution in [3.63, 3.8) is 0 Å². The summed E-state index contributed by atoms with van der Waals surface area (Å²) in [6.45, 7) is 2.88. The van der Waals surface area contributed by atoms with E-state index in [0.717, 1.165) is 56.8 Å². The van der Waals surface area contributed by atoms with Crippen LogP contribution in [0, 0.1) is 0 Å². The molecule has 124 valence electrons. The molecule has 0 aromatic heterocycles. The highest BCUT2D eigenvalue weighted by molar-refractivity contribution is 5.81. The largest absolute Gasteiger partial charge is 0.493 e. The zero-order valence-corrected chi connectivity index (χ0v) is 13.6. The Morgan fingerprint density at radius 1 is 1.26 bits per heavy atom. The number of benzene rings is 1. The van der Waals surface area contributed by atoms with Gasteiger partial charge in [-0.05, 0) is 25.3 Å². The summed E-state index contributed by atoms with van der Waals surface area (Å²) in [7, 11) is 1.87. The van der Waals surface area contributed by atoms with E-state index >= 15 is 0 Å². The summed E-state index contributed by atoms with van der Waals surface area (Å²) in [5, 5.41) is 0. The predicted molar refractivity (Wildman–Crippen MR) is 85.2 cm³/mol. The van der Waals surface area contributed by atoms with Gasteiger partial charge in [0.1, 0.15) is 17.6 Å². The minimum absolute atomic E-state index is 0.101. The van der Waals surface area contributed by atoms with E-state index in [9.17, 15) is 4.79 Å². The Kier molecular flexibility index (Phi) is 3.89. The number of likely N-dealkylation sites (N-methyl/N-ethyl adjacent to an activating group) is 1. The number of amides is 1.